The van der Waals surface area contributed by atoms with Crippen molar-refractivity contribution in [1.29, 1.82) is 0 Å². The molecular formula is C21H18NO2S+. The van der Waals surface area contributed by atoms with Crippen molar-refractivity contribution >= 4 is 42.2 Å². The molecule has 4 aromatic rings. The number of nitrogens with one attached hydrogen (secondary N) is 1. The summed E-state index contributed by atoms with van der Waals surface area (Å²) in [6, 6.07) is 25.2. The molecule has 0 saturated carbocycles. The van der Waals surface area contributed by atoms with Crippen LogP contribution in [0.1, 0.15) is 6.42 Å². The first-order chi connectivity index (χ1) is 12.3. The minimum atomic E-state index is -0.172. The SMILES string of the molecule is O=C(CCO)Nc1ccc(-[s+]2c3ccccc3c3ccccc32)cc1. The summed E-state index contributed by atoms with van der Waals surface area (Å²) in [4.78, 5) is 12.8. The van der Waals surface area contributed by atoms with Crippen LogP contribution in [0.3, 0.4) is 0 Å². The third kappa shape index (κ3) is 2.90. The summed E-state index contributed by atoms with van der Waals surface area (Å²) in [6.07, 6.45) is 0.118. The topological polar surface area (TPSA) is 49.3 Å². The van der Waals surface area contributed by atoms with Crippen molar-refractivity contribution in [3.63, 3.8) is 0 Å². The molecule has 0 atom stereocenters. The van der Waals surface area contributed by atoms with E-state index in [0.717, 1.165) is 5.69 Å². The first kappa shape index (κ1) is 15.8. The Balaban J connectivity index is 1.80. The van der Waals surface area contributed by atoms with Crippen molar-refractivity contribution in [1.82, 2.24) is 0 Å². The van der Waals surface area contributed by atoms with Crippen LogP contribution in [0.4, 0.5) is 5.69 Å². The predicted octanol–water partition coefficient (Wildman–Crippen LogP) is 5.05. The molecule has 1 aromatic heterocycles. The molecule has 0 bridgehead atoms. The van der Waals surface area contributed by atoms with Gasteiger partial charge in [0.2, 0.25) is 5.91 Å². The van der Waals surface area contributed by atoms with E-state index in [-0.39, 0.29) is 29.4 Å². The Labute approximate surface area is 148 Å². The van der Waals surface area contributed by atoms with Gasteiger partial charge in [-0.15, -0.1) is 0 Å². The molecule has 0 spiro atoms. The second-order valence-corrected chi connectivity index (χ2v) is 7.81. The smallest absolute Gasteiger partial charge is 0.226 e. The number of carbonyl (C=O) groups is 1. The van der Waals surface area contributed by atoms with E-state index < -0.39 is 0 Å². The van der Waals surface area contributed by atoms with Gasteiger partial charge in [0.25, 0.3) is 0 Å². The molecule has 1 amide bonds. The van der Waals surface area contributed by atoms with Gasteiger partial charge in [0, 0.05) is 39.1 Å². The van der Waals surface area contributed by atoms with Crippen LogP contribution in [0.2, 0.25) is 0 Å². The number of fused-ring (bicyclic) bond motifs is 3. The highest BCUT2D eigenvalue weighted by atomic mass is 32.2. The van der Waals surface area contributed by atoms with Crippen LogP contribution in [0, 0.1) is 0 Å². The fourth-order valence-electron chi connectivity index (χ4n) is 3.11. The highest BCUT2D eigenvalue weighted by molar-refractivity contribution is 7.50. The van der Waals surface area contributed by atoms with E-state index in [4.69, 9.17) is 5.11 Å². The molecule has 0 radical (unpaired) electrons. The molecule has 0 unspecified atom stereocenters. The van der Waals surface area contributed by atoms with Crippen molar-refractivity contribution in [3.8, 4) is 4.90 Å². The molecule has 25 heavy (non-hydrogen) atoms. The van der Waals surface area contributed by atoms with E-state index in [0.29, 0.717) is 0 Å². The van der Waals surface area contributed by atoms with Crippen LogP contribution in [0.15, 0.2) is 72.8 Å². The number of hydrogen-bond donors (Lipinski definition) is 2. The van der Waals surface area contributed by atoms with Crippen molar-refractivity contribution < 1.29 is 9.90 Å². The van der Waals surface area contributed by atoms with Crippen LogP contribution in [0.25, 0.3) is 25.1 Å². The quantitative estimate of drug-likeness (QED) is 0.507. The average molecular weight is 348 g/mol. The Hall–Kier alpha value is -2.69. The van der Waals surface area contributed by atoms with Gasteiger partial charge in [-0.2, -0.15) is 0 Å². The third-order valence-electron chi connectivity index (χ3n) is 4.22. The lowest BCUT2D eigenvalue weighted by Crippen LogP contribution is -2.12. The third-order valence-corrected chi connectivity index (χ3v) is 6.55. The Morgan fingerprint density at radius 3 is 1.96 bits per heavy atom. The van der Waals surface area contributed by atoms with Gasteiger partial charge in [0.15, 0.2) is 14.3 Å². The minimum absolute atomic E-state index is 0.118. The molecule has 4 heteroatoms. The molecule has 0 aliphatic rings. The lowest BCUT2D eigenvalue weighted by molar-refractivity contribution is -0.116. The van der Waals surface area contributed by atoms with E-state index >= 15 is 0 Å². The zero-order valence-corrected chi connectivity index (χ0v) is 14.4. The van der Waals surface area contributed by atoms with Crippen LogP contribution < -0.4 is 5.32 Å². The van der Waals surface area contributed by atoms with E-state index in [2.05, 4.69) is 66.0 Å². The molecule has 3 aromatic carbocycles. The highest BCUT2D eigenvalue weighted by Gasteiger charge is 2.22. The van der Waals surface area contributed by atoms with Gasteiger partial charge < -0.3 is 10.4 Å². The number of hydrogen-bond acceptors (Lipinski definition) is 2. The second kappa shape index (κ2) is 6.67. The number of amides is 1. The van der Waals surface area contributed by atoms with Crippen LogP contribution >= 0.6 is 10.5 Å². The summed E-state index contributed by atoms with van der Waals surface area (Å²) >= 11 is 0. The van der Waals surface area contributed by atoms with Crippen molar-refractivity contribution in [2.75, 3.05) is 11.9 Å². The van der Waals surface area contributed by atoms with Crippen LogP contribution in [-0.2, 0) is 4.79 Å². The summed E-state index contributed by atoms with van der Waals surface area (Å²) in [7, 11) is -0.118. The van der Waals surface area contributed by atoms with Crippen molar-refractivity contribution in [3.05, 3.63) is 72.8 Å². The van der Waals surface area contributed by atoms with E-state index in [1.54, 1.807) is 0 Å². The molecule has 1 heterocycles. The molecule has 0 saturated heterocycles. The Morgan fingerprint density at radius 2 is 1.40 bits per heavy atom. The van der Waals surface area contributed by atoms with E-state index in [9.17, 15) is 4.79 Å². The molecule has 4 rings (SSSR count). The van der Waals surface area contributed by atoms with Gasteiger partial charge in [-0.05, 0) is 36.4 Å². The lowest BCUT2D eigenvalue weighted by atomic mass is 10.2. The number of rotatable bonds is 4. The van der Waals surface area contributed by atoms with Crippen molar-refractivity contribution in [2.45, 2.75) is 6.42 Å². The Kier molecular flexibility index (Phi) is 4.22. The summed E-state index contributed by atoms with van der Waals surface area (Å²) in [5.74, 6) is -0.172. The zero-order valence-electron chi connectivity index (χ0n) is 13.6. The van der Waals surface area contributed by atoms with Gasteiger partial charge in [0.05, 0.1) is 13.0 Å². The van der Waals surface area contributed by atoms with E-state index in [1.807, 2.05) is 12.1 Å². The number of aliphatic hydroxyl groups is 1. The van der Waals surface area contributed by atoms with Gasteiger partial charge in [-0.25, -0.2) is 0 Å². The minimum Gasteiger partial charge on any atom is -0.396 e. The second-order valence-electron chi connectivity index (χ2n) is 5.84. The maximum atomic E-state index is 11.6. The first-order valence-electron chi connectivity index (χ1n) is 8.21. The Morgan fingerprint density at radius 1 is 0.840 bits per heavy atom. The Bertz CT molecular complexity index is 997. The lowest BCUT2D eigenvalue weighted by Gasteiger charge is -2.03. The molecule has 0 aliphatic carbocycles. The largest absolute Gasteiger partial charge is 0.396 e. The van der Waals surface area contributed by atoms with Gasteiger partial charge in [0.1, 0.15) is 0 Å². The molecular weight excluding hydrogens is 330 g/mol. The molecule has 0 aliphatic heterocycles. The number of thiophene rings is 1. The summed E-state index contributed by atoms with van der Waals surface area (Å²) in [6.45, 7) is -0.138. The highest BCUT2D eigenvalue weighted by Crippen LogP contribution is 2.48. The predicted molar refractivity (Wildman–Crippen MR) is 106 cm³/mol. The molecule has 124 valence electrons. The number of benzene rings is 3. The van der Waals surface area contributed by atoms with E-state index in [1.165, 1.54) is 25.1 Å². The first-order valence-corrected chi connectivity index (χ1v) is 9.44. The summed E-state index contributed by atoms with van der Waals surface area (Å²) < 4.78 is 2.70. The normalized spacial score (nSPS) is 11.1. The monoisotopic (exact) mass is 348 g/mol. The van der Waals surface area contributed by atoms with Gasteiger partial charge in [-0.3, -0.25) is 4.79 Å². The molecule has 0 fully saturated rings. The molecule has 2 N–H and O–H groups in total. The van der Waals surface area contributed by atoms with Gasteiger partial charge >= 0.3 is 0 Å². The summed E-state index contributed by atoms with van der Waals surface area (Å²) in [5, 5.41) is 14.2. The van der Waals surface area contributed by atoms with Crippen LogP contribution in [-0.4, -0.2) is 17.6 Å². The fourth-order valence-corrected chi connectivity index (χ4v) is 5.48. The number of carbonyl (C=O) groups excluding carboxylic acids is 1. The number of aliphatic hydroxyl groups excluding tert-OH is 1. The van der Waals surface area contributed by atoms with Crippen molar-refractivity contribution in [2.24, 2.45) is 0 Å². The maximum Gasteiger partial charge on any atom is 0.226 e. The van der Waals surface area contributed by atoms with Crippen LogP contribution in [0.5, 0.6) is 0 Å². The number of anilines is 1. The maximum absolute atomic E-state index is 11.6. The van der Waals surface area contributed by atoms with Gasteiger partial charge in [-0.1, -0.05) is 24.3 Å². The summed E-state index contributed by atoms with van der Waals surface area (Å²) in [5.41, 5.74) is 0.756. The zero-order chi connectivity index (χ0) is 17.2. The standard InChI is InChI=1S/C21H17NO2S/c23-14-13-21(24)22-15-9-11-16(12-10-15)25-19-7-3-1-5-17(19)18-6-2-4-8-20(18)25/h1-12,23H,13-14H2/p+1. The fraction of sp³-hybridized carbons (Fsp3) is 0.0952. The molecule has 3 nitrogen and oxygen atoms in total. The average Bonchev–Trinajstić information content (AvgIpc) is 2.97.